The van der Waals surface area contributed by atoms with Crippen LogP contribution in [0.2, 0.25) is 10.2 Å². The second-order valence-electron chi connectivity index (χ2n) is 19.3. The summed E-state index contributed by atoms with van der Waals surface area (Å²) in [7, 11) is 0. The van der Waals surface area contributed by atoms with Crippen molar-refractivity contribution in [2.24, 2.45) is 0 Å². The van der Waals surface area contributed by atoms with Gasteiger partial charge in [0, 0.05) is 114 Å². The fourth-order valence-electron chi connectivity index (χ4n) is 9.41. The molecule has 12 nitrogen and oxygen atoms in total. The molecule has 0 bridgehead atoms. The zero-order valence-corrected chi connectivity index (χ0v) is 43.3. The second-order valence-corrected chi connectivity index (χ2v) is 20.1. The maximum absolute atomic E-state index is 12.9. The summed E-state index contributed by atoms with van der Waals surface area (Å²) in [5.74, 6) is 0.167. The van der Waals surface area contributed by atoms with Crippen LogP contribution in [-0.4, -0.2) is 98.6 Å². The molecule has 360 valence electrons. The van der Waals surface area contributed by atoms with Gasteiger partial charge in [-0.3, -0.25) is 14.4 Å². The van der Waals surface area contributed by atoms with E-state index in [9.17, 15) is 14.4 Å². The van der Waals surface area contributed by atoms with Crippen molar-refractivity contribution >= 4 is 107 Å². The first kappa shape index (κ1) is 50.4. The molecule has 0 saturated heterocycles. The van der Waals surface area contributed by atoms with Crippen molar-refractivity contribution in [1.82, 2.24) is 44.6 Å². The molecule has 0 saturated carbocycles. The number of rotatable bonds is 9. The van der Waals surface area contributed by atoms with E-state index >= 15 is 0 Å². The number of amides is 3. The molecule has 9 rings (SSSR count). The zero-order chi connectivity index (χ0) is 50.2. The molecule has 69 heavy (non-hydrogen) atoms. The summed E-state index contributed by atoms with van der Waals surface area (Å²) in [6.07, 6.45) is 1.62. The van der Waals surface area contributed by atoms with Crippen molar-refractivity contribution in [3.63, 3.8) is 0 Å². The Morgan fingerprint density at radius 2 is 0.797 bits per heavy atom. The van der Waals surface area contributed by atoms with Gasteiger partial charge in [-0.25, -0.2) is 15.0 Å². The number of carbonyl (C=O) groups is 3. The first-order valence-electron chi connectivity index (χ1n) is 23.7. The third-order valence-corrected chi connectivity index (χ3v) is 12.6. The van der Waals surface area contributed by atoms with Gasteiger partial charge in [-0.15, -0.1) is 0 Å². The highest BCUT2D eigenvalue weighted by molar-refractivity contribution is 6.31. The Morgan fingerprint density at radius 3 is 1.20 bits per heavy atom. The van der Waals surface area contributed by atoms with Gasteiger partial charge in [0.1, 0.15) is 22.1 Å². The summed E-state index contributed by atoms with van der Waals surface area (Å²) in [4.78, 5) is 67.3. The summed E-state index contributed by atoms with van der Waals surface area (Å²) in [5, 5.41) is 7.00. The smallest absolute Gasteiger partial charge is 0.254 e. The molecular weight excluding hydrogens is 906 g/mol. The van der Waals surface area contributed by atoms with Crippen molar-refractivity contribution in [2.45, 2.75) is 126 Å². The monoisotopic (exact) mass is 967 g/mol. The molecule has 0 aliphatic carbocycles. The summed E-state index contributed by atoms with van der Waals surface area (Å²) in [6, 6.07) is 27.9. The zero-order valence-electron chi connectivity index (χ0n) is 41.8. The van der Waals surface area contributed by atoms with E-state index in [-0.39, 0.29) is 54.0 Å². The number of aromatic amines is 3. The summed E-state index contributed by atoms with van der Waals surface area (Å²) >= 11 is 12.0. The molecule has 3 aromatic carbocycles. The first-order valence-corrected chi connectivity index (χ1v) is 24.4. The lowest BCUT2D eigenvalue weighted by atomic mass is 10.1. The molecule has 9 aromatic rings. The number of fused-ring (bicyclic) bond motifs is 9. The number of nitrogens with one attached hydrogen (secondary N) is 3. The van der Waals surface area contributed by atoms with Gasteiger partial charge in [-0.05, 0) is 175 Å². The van der Waals surface area contributed by atoms with Crippen LogP contribution in [-0.2, 0) is 0 Å². The summed E-state index contributed by atoms with van der Waals surface area (Å²) in [5.41, 5.74) is 8.37. The minimum atomic E-state index is 0.0428. The Labute approximate surface area is 413 Å². The van der Waals surface area contributed by atoms with E-state index in [2.05, 4.69) is 63.7 Å². The summed E-state index contributed by atoms with van der Waals surface area (Å²) in [6.45, 7) is 26.5. The average molecular weight is 969 g/mol. The van der Waals surface area contributed by atoms with Crippen LogP contribution in [0.4, 0.5) is 0 Å². The van der Waals surface area contributed by atoms with Crippen molar-refractivity contribution in [1.29, 1.82) is 0 Å². The van der Waals surface area contributed by atoms with Gasteiger partial charge in [0.15, 0.2) is 0 Å². The molecule has 0 aliphatic heterocycles. The van der Waals surface area contributed by atoms with Crippen LogP contribution in [0.1, 0.15) is 120 Å². The highest BCUT2D eigenvalue weighted by atomic mass is 35.5. The largest absolute Gasteiger partial charge is 0.339 e. The molecule has 3 amide bonds. The second kappa shape index (κ2) is 20.6. The average Bonchev–Trinajstić information content (AvgIpc) is 3.95. The van der Waals surface area contributed by atoms with Gasteiger partial charge < -0.3 is 29.7 Å². The van der Waals surface area contributed by atoms with Gasteiger partial charge in [0.05, 0.1) is 5.02 Å². The minimum absolute atomic E-state index is 0.0428. The topological polar surface area (TPSA) is 147 Å². The van der Waals surface area contributed by atoms with Crippen LogP contribution in [0, 0.1) is 6.92 Å². The number of nitrogens with zero attached hydrogens (tertiary/aromatic N) is 6. The van der Waals surface area contributed by atoms with E-state index in [1.165, 1.54) is 0 Å². The van der Waals surface area contributed by atoms with Gasteiger partial charge in [-0.1, -0.05) is 23.2 Å². The number of hydrogen-bond acceptors (Lipinski definition) is 6. The Hall–Kier alpha value is -6.50. The quantitative estimate of drug-likeness (QED) is 0.123. The van der Waals surface area contributed by atoms with Crippen molar-refractivity contribution < 1.29 is 14.4 Å². The Kier molecular flexibility index (Phi) is 15.1. The number of aromatic nitrogens is 6. The maximum atomic E-state index is 12.9. The normalized spacial score (nSPS) is 11.8. The molecule has 6 heterocycles. The van der Waals surface area contributed by atoms with Gasteiger partial charge >= 0.3 is 0 Å². The Balaban J connectivity index is 0.000000153. The lowest BCUT2D eigenvalue weighted by Crippen LogP contribution is -2.42. The molecule has 0 radical (unpaired) electrons. The first-order chi connectivity index (χ1) is 32.6. The number of H-pyrrole nitrogens is 3. The van der Waals surface area contributed by atoms with Crippen molar-refractivity contribution in [3.8, 4) is 0 Å². The molecule has 3 N–H and O–H groups in total. The van der Waals surface area contributed by atoms with E-state index in [1.807, 2.05) is 150 Å². The lowest BCUT2D eigenvalue weighted by Gasteiger charge is -2.30. The van der Waals surface area contributed by atoms with Crippen LogP contribution >= 0.6 is 23.2 Å². The minimum Gasteiger partial charge on any atom is -0.339 e. The molecule has 0 spiro atoms. The highest BCUT2D eigenvalue weighted by Gasteiger charge is 2.25. The molecule has 0 fully saturated rings. The third kappa shape index (κ3) is 10.6. The van der Waals surface area contributed by atoms with E-state index < -0.39 is 0 Å². The molecular formula is C55H63Cl2N9O3. The standard InChI is InChI=1S/C19H23N3O.2C18H20ClN3O/c1-11(2)22(12(3)4)19(23)14-7-9-17-16(10-14)15-8-6-13(5)20-18(15)21-17;1-10(2)22(11(3)4)18(23)12-5-7-15-14(9-12)13-6-8-16(19)21-17(13)20-15;1-10(2)22(11(3)4)18(23)12-5-6-16-14(7-12)15-8-13(19)9-20-17(15)21-16/h6-12H,1-5H3,(H,20,21);2*5-11H,1-4H3,(H,20,21). The van der Waals surface area contributed by atoms with E-state index in [4.69, 9.17) is 23.2 Å². The molecule has 6 aromatic heterocycles. The van der Waals surface area contributed by atoms with Crippen LogP contribution in [0.3, 0.4) is 0 Å². The van der Waals surface area contributed by atoms with Gasteiger partial charge in [0.25, 0.3) is 17.7 Å². The van der Waals surface area contributed by atoms with Crippen molar-refractivity contribution in [3.05, 3.63) is 124 Å². The predicted molar refractivity (Wildman–Crippen MR) is 285 cm³/mol. The predicted octanol–water partition coefficient (Wildman–Crippen LogP) is 13.5. The molecule has 0 unspecified atom stereocenters. The number of halogens is 2. The fourth-order valence-corrected chi connectivity index (χ4v) is 9.72. The van der Waals surface area contributed by atoms with Crippen LogP contribution in [0.15, 0.2) is 91.1 Å². The third-order valence-electron chi connectivity index (χ3n) is 12.2. The number of carbonyl (C=O) groups excluding carboxylic acids is 3. The lowest BCUT2D eigenvalue weighted by molar-refractivity contribution is 0.0634. The van der Waals surface area contributed by atoms with Crippen LogP contribution in [0.5, 0.6) is 0 Å². The maximum Gasteiger partial charge on any atom is 0.254 e. The molecule has 0 atom stereocenters. The van der Waals surface area contributed by atoms with Crippen LogP contribution < -0.4 is 0 Å². The number of benzene rings is 3. The van der Waals surface area contributed by atoms with E-state index in [0.717, 1.165) is 77.1 Å². The number of hydrogen-bond donors (Lipinski definition) is 3. The van der Waals surface area contributed by atoms with E-state index in [1.54, 1.807) is 12.3 Å². The van der Waals surface area contributed by atoms with E-state index in [0.29, 0.717) is 21.3 Å². The number of pyridine rings is 3. The molecule has 0 aliphatic rings. The van der Waals surface area contributed by atoms with Gasteiger partial charge in [0.2, 0.25) is 0 Å². The summed E-state index contributed by atoms with van der Waals surface area (Å²) < 4.78 is 0. The highest BCUT2D eigenvalue weighted by Crippen LogP contribution is 2.30. The molecule has 14 heteroatoms. The van der Waals surface area contributed by atoms with Crippen LogP contribution in [0.25, 0.3) is 65.8 Å². The Bertz CT molecular complexity index is 3170. The number of aryl methyl sites for hydroxylation is 1. The Morgan fingerprint density at radius 1 is 0.435 bits per heavy atom. The fraction of sp³-hybridized carbons (Fsp3) is 0.345. The SMILES string of the molecule is CC(C)N(C(=O)c1ccc2[nH]c3nc(Cl)ccc3c2c1)C(C)C.CC(C)N(C(=O)c1ccc2[nH]c3ncc(Cl)cc3c2c1)C(C)C.Cc1ccc2c(n1)[nH]c1ccc(C(=O)N(C(C)C)C(C)C)cc12. The van der Waals surface area contributed by atoms with Crippen molar-refractivity contribution in [2.75, 3.05) is 0 Å². The van der Waals surface area contributed by atoms with Gasteiger partial charge in [-0.2, -0.15) is 0 Å².